The number of carbonyl (C=O) groups is 2. The Balaban J connectivity index is 2.34. The van der Waals surface area contributed by atoms with Gasteiger partial charge in [0.05, 0.1) is 24.3 Å². The zero-order valence-electron chi connectivity index (χ0n) is 16.8. The van der Waals surface area contributed by atoms with Crippen LogP contribution in [-0.4, -0.2) is 24.7 Å². The predicted molar refractivity (Wildman–Crippen MR) is 104 cm³/mol. The number of rotatable bonds is 8. The molecule has 1 atom stereocenters. The molecule has 1 aliphatic rings. The van der Waals surface area contributed by atoms with E-state index in [1.807, 2.05) is 38.1 Å². The van der Waals surface area contributed by atoms with Crippen LogP contribution >= 0.6 is 0 Å². The van der Waals surface area contributed by atoms with E-state index in [1.165, 1.54) is 0 Å². The number of hydrogen-bond acceptors (Lipinski definition) is 4. The van der Waals surface area contributed by atoms with Gasteiger partial charge in [0.2, 0.25) is 0 Å². The quantitative estimate of drug-likeness (QED) is 0.531. The monoisotopic (exact) mass is 374 g/mol. The van der Waals surface area contributed by atoms with E-state index in [1.54, 1.807) is 13.8 Å². The Hall–Kier alpha value is -2.50. The Labute approximate surface area is 161 Å². The highest BCUT2D eigenvalue weighted by Gasteiger charge is 2.35. The maximum Gasteiger partial charge on any atom is 0.338 e. The van der Waals surface area contributed by atoms with E-state index in [0.717, 1.165) is 24.2 Å². The van der Waals surface area contributed by atoms with E-state index in [4.69, 9.17) is 9.47 Å². The average molecular weight is 374 g/mol. The zero-order chi connectivity index (χ0) is 20.0. The van der Waals surface area contributed by atoms with Gasteiger partial charge >= 0.3 is 12.0 Å². The number of nitrogens with one attached hydrogen (secondary N) is 2. The van der Waals surface area contributed by atoms with Gasteiger partial charge in [-0.15, -0.1) is 0 Å². The number of hydrogen-bond donors (Lipinski definition) is 2. The summed E-state index contributed by atoms with van der Waals surface area (Å²) in [6, 6.07) is 6.58. The maximum atomic E-state index is 12.8. The molecule has 148 valence electrons. The lowest BCUT2D eigenvalue weighted by Crippen LogP contribution is -2.47. The summed E-state index contributed by atoms with van der Waals surface area (Å²) < 4.78 is 11.1. The smallest absolute Gasteiger partial charge is 0.338 e. The third kappa shape index (κ3) is 5.49. The lowest BCUT2D eigenvalue weighted by atomic mass is 9.91. The predicted octanol–water partition coefficient (Wildman–Crippen LogP) is 4.08. The average Bonchev–Trinajstić information content (AvgIpc) is 2.61. The first-order valence-corrected chi connectivity index (χ1v) is 9.58. The third-order valence-electron chi connectivity index (χ3n) is 4.22. The van der Waals surface area contributed by atoms with Gasteiger partial charge in [-0.25, -0.2) is 9.59 Å². The fourth-order valence-electron chi connectivity index (χ4n) is 2.89. The first-order valence-electron chi connectivity index (χ1n) is 9.58. The Bertz CT molecular complexity index is 693. The number of ether oxygens (including phenoxy) is 2. The highest BCUT2D eigenvalue weighted by Crippen LogP contribution is 2.31. The molecule has 1 aliphatic heterocycles. The molecule has 2 rings (SSSR count). The number of benzene rings is 1. The molecule has 0 saturated heterocycles. The first kappa shape index (κ1) is 20.8. The van der Waals surface area contributed by atoms with Crippen molar-refractivity contribution in [2.45, 2.75) is 59.6 Å². The fraction of sp³-hybridized carbons (Fsp3) is 0.524. The van der Waals surface area contributed by atoms with Crippen LogP contribution in [0.1, 0.15) is 59.1 Å². The Morgan fingerprint density at radius 2 is 1.81 bits per heavy atom. The van der Waals surface area contributed by atoms with Gasteiger partial charge in [-0.1, -0.05) is 39.3 Å². The van der Waals surface area contributed by atoms with Gasteiger partial charge in [-0.05, 0) is 43.9 Å². The minimum atomic E-state index is -0.563. The summed E-state index contributed by atoms with van der Waals surface area (Å²) in [6.45, 7) is 10.3. The molecule has 1 aromatic carbocycles. The van der Waals surface area contributed by atoms with Crippen molar-refractivity contribution in [3.8, 4) is 5.75 Å². The van der Waals surface area contributed by atoms with Gasteiger partial charge in [0, 0.05) is 5.70 Å². The van der Waals surface area contributed by atoms with Gasteiger partial charge in [0.25, 0.3) is 0 Å². The molecule has 0 saturated carbocycles. The molecular weight excluding hydrogens is 344 g/mol. The normalized spacial score (nSPS) is 17.0. The Kier molecular flexibility index (Phi) is 7.28. The minimum absolute atomic E-state index is 0.0232. The number of amides is 2. The van der Waals surface area contributed by atoms with Crippen molar-refractivity contribution in [1.29, 1.82) is 0 Å². The molecule has 0 fully saturated rings. The van der Waals surface area contributed by atoms with Gasteiger partial charge in [-0.2, -0.15) is 0 Å². The Morgan fingerprint density at radius 1 is 1.15 bits per heavy atom. The van der Waals surface area contributed by atoms with Crippen molar-refractivity contribution in [2.24, 2.45) is 5.92 Å². The van der Waals surface area contributed by atoms with E-state index in [2.05, 4.69) is 17.6 Å². The molecule has 0 aliphatic carbocycles. The van der Waals surface area contributed by atoms with E-state index >= 15 is 0 Å². The summed E-state index contributed by atoms with van der Waals surface area (Å²) in [6.07, 6.45) is 1.83. The van der Waals surface area contributed by atoms with E-state index in [0.29, 0.717) is 17.9 Å². The molecule has 1 aromatic rings. The number of esters is 1. The zero-order valence-corrected chi connectivity index (χ0v) is 16.8. The van der Waals surface area contributed by atoms with Crippen LogP contribution in [0.4, 0.5) is 4.79 Å². The highest BCUT2D eigenvalue weighted by molar-refractivity contribution is 5.95. The molecule has 1 unspecified atom stereocenters. The van der Waals surface area contributed by atoms with Crippen LogP contribution < -0.4 is 15.4 Å². The van der Waals surface area contributed by atoms with Crippen LogP contribution in [0.3, 0.4) is 0 Å². The summed E-state index contributed by atoms with van der Waals surface area (Å²) in [5, 5.41) is 5.61. The van der Waals surface area contributed by atoms with Crippen molar-refractivity contribution in [2.75, 3.05) is 6.61 Å². The molecule has 27 heavy (non-hydrogen) atoms. The second kappa shape index (κ2) is 9.44. The lowest BCUT2D eigenvalue weighted by Gasteiger charge is -2.31. The SMILES string of the molecule is CCCCOc1ccc(C2NC(=O)NC(C(C)C)=C2C(=O)OC(C)C)cc1. The summed E-state index contributed by atoms with van der Waals surface area (Å²) in [7, 11) is 0. The Morgan fingerprint density at radius 3 is 2.37 bits per heavy atom. The first-order chi connectivity index (χ1) is 12.8. The minimum Gasteiger partial charge on any atom is -0.494 e. The molecule has 6 nitrogen and oxygen atoms in total. The fourth-order valence-corrected chi connectivity index (χ4v) is 2.89. The van der Waals surface area contributed by atoms with E-state index in [-0.39, 0.29) is 18.1 Å². The van der Waals surface area contributed by atoms with Crippen LogP contribution in [-0.2, 0) is 9.53 Å². The lowest BCUT2D eigenvalue weighted by molar-refractivity contribution is -0.143. The molecule has 0 bridgehead atoms. The second-order valence-corrected chi connectivity index (χ2v) is 7.24. The topological polar surface area (TPSA) is 76.7 Å². The van der Waals surface area contributed by atoms with Crippen molar-refractivity contribution in [3.05, 3.63) is 41.1 Å². The number of allylic oxidation sites excluding steroid dienone is 1. The van der Waals surface area contributed by atoms with Crippen molar-refractivity contribution in [1.82, 2.24) is 10.6 Å². The number of urea groups is 1. The van der Waals surface area contributed by atoms with Gasteiger partial charge in [0.1, 0.15) is 5.75 Å². The van der Waals surface area contributed by atoms with Crippen LogP contribution in [0.15, 0.2) is 35.5 Å². The number of unbranched alkanes of at least 4 members (excludes halogenated alkanes) is 1. The standard InChI is InChI=1S/C21H30N2O4/c1-6-7-12-26-16-10-8-15(9-11-16)19-17(20(24)27-14(4)5)18(13(2)3)22-21(25)23-19/h8-11,13-14,19H,6-7,12H2,1-5H3,(H2,22,23,25). The summed E-state index contributed by atoms with van der Waals surface area (Å²) in [5.41, 5.74) is 1.84. The van der Waals surface area contributed by atoms with Crippen molar-refractivity contribution < 1.29 is 19.1 Å². The van der Waals surface area contributed by atoms with E-state index < -0.39 is 12.0 Å². The highest BCUT2D eigenvalue weighted by atomic mass is 16.5. The van der Waals surface area contributed by atoms with Crippen molar-refractivity contribution >= 4 is 12.0 Å². The molecule has 0 aromatic heterocycles. The molecule has 0 radical (unpaired) electrons. The van der Waals surface area contributed by atoms with Gasteiger partial charge < -0.3 is 20.1 Å². The molecule has 0 spiro atoms. The second-order valence-electron chi connectivity index (χ2n) is 7.24. The van der Waals surface area contributed by atoms with Gasteiger partial charge in [-0.3, -0.25) is 0 Å². The maximum absolute atomic E-state index is 12.8. The summed E-state index contributed by atoms with van der Waals surface area (Å²) in [5.74, 6) is 0.325. The van der Waals surface area contributed by atoms with Gasteiger partial charge in [0.15, 0.2) is 0 Å². The van der Waals surface area contributed by atoms with Crippen LogP contribution in [0, 0.1) is 5.92 Å². The third-order valence-corrected chi connectivity index (χ3v) is 4.22. The molecule has 6 heteroatoms. The van der Waals surface area contributed by atoms with Crippen LogP contribution in [0.5, 0.6) is 5.75 Å². The summed E-state index contributed by atoms with van der Waals surface area (Å²) >= 11 is 0. The molecule has 2 N–H and O–H groups in total. The molecule has 2 amide bonds. The molecular formula is C21H30N2O4. The van der Waals surface area contributed by atoms with Crippen LogP contribution in [0.25, 0.3) is 0 Å². The van der Waals surface area contributed by atoms with E-state index in [9.17, 15) is 9.59 Å². The largest absolute Gasteiger partial charge is 0.494 e. The summed E-state index contributed by atoms with van der Waals surface area (Å²) in [4.78, 5) is 24.9. The van der Waals surface area contributed by atoms with Crippen LogP contribution in [0.2, 0.25) is 0 Å². The van der Waals surface area contributed by atoms with Crippen molar-refractivity contribution in [3.63, 3.8) is 0 Å². The number of carbonyl (C=O) groups excluding carboxylic acids is 2. The molecule has 1 heterocycles.